The van der Waals surface area contributed by atoms with Crippen molar-refractivity contribution in [1.82, 2.24) is 4.98 Å². The molecule has 0 saturated carbocycles. The zero-order valence-corrected chi connectivity index (χ0v) is 9.56. The molecule has 0 fully saturated rings. The van der Waals surface area contributed by atoms with Crippen molar-refractivity contribution in [3.8, 4) is 0 Å². The van der Waals surface area contributed by atoms with Gasteiger partial charge in [-0.2, -0.15) is 0 Å². The molecule has 1 aromatic rings. The number of aliphatic imine (C=N–C) groups is 1. The highest BCUT2D eigenvalue weighted by Crippen LogP contribution is 2.15. The standard InChI is InChI=1S/C12H16N2O2/c1-8(2)6-9-7-16-12(14-9)10-4-3-5-13-11(10)15/h3-5,8-9H,6-7H2,1-2H3,(H,13,15)/t9-/m0/s1. The van der Waals surface area contributed by atoms with E-state index in [0.29, 0.717) is 24.0 Å². The van der Waals surface area contributed by atoms with Crippen LogP contribution < -0.4 is 5.56 Å². The lowest BCUT2D eigenvalue weighted by Gasteiger charge is -2.06. The van der Waals surface area contributed by atoms with E-state index in [4.69, 9.17) is 4.74 Å². The normalized spacial score (nSPS) is 19.7. The van der Waals surface area contributed by atoms with Crippen LogP contribution in [-0.2, 0) is 4.74 Å². The average molecular weight is 220 g/mol. The van der Waals surface area contributed by atoms with Crippen molar-refractivity contribution in [3.63, 3.8) is 0 Å². The van der Waals surface area contributed by atoms with Gasteiger partial charge in [-0.1, -0.05) is 13.8 Å². The maximum Gasteiger partial charge on any atom is 0.260 e. The number of aromatic amines is 1. The van der Waals surface area contributed by atoms with E-state index in [2.05, 4.69) is 23.8 Å². The molecule has 0 saturated heterocycles. The first-order valence-electron chi connectivity index (χ1n) is 5.55. The van der Waals surface area contributed by atoms with Gasteiger partial charge in [0.1, 0.15) is 12.2 Å². The molecular formula is C12H16N2O2. The van der Waals surface area contributed by atoms with E-state index in [1.54, 1.807) is 18.3 Å². The van der Waals surface area contributed by atoms with Gasteiger partial charge in [-0.3, -0.25) is 4.79 Å². The van der Waals surface area contributed by atoms with Crippen LogP contribution in [0.1, 0.15) is 25.8 Å². The SMILES string of the molecule is CC(C)C[C@H]1COC(c2ccc[nH]c2=O)=N1. The Kier molecular flexibility index (Phi) is 3.08. The topological polar surface area (TPSA) is 54.5 Å². The number of rotatable bonds is 3. The molecule has 4 nitrogen and oxygen atoms in total. The lowest BCUT2D eigenvalue weighted by molar-refractivity contribution is 0.301. The molecule has 4 heteroatoms. The summed E-state index contributed by atoms with van der Waals surface area (Å²) in [7, 11) is 0. The molecule has 1 aliphatic rings. The quantitative estimate of drug-likeness (QED) is 0.840. The van der Waals surface area contributed by atoms with E-state index in [9.17, 15) is 4.79 Å². The predicted molar refractivity (Wildman–Crippen MR) is 62.8 cm³/mol. The maximum absolute atomic E-state index is 11.5. The molecule has 1 aliphatic heterocycles. The van der Waals surface area contributed by atoms with E-state index in [-0.39, 0.29) is 11.6 Å². The molecule has 1 N–H and O–H groups in total. The molecule has 2 heterocycles. The number of pyridine rings is 1. The second-order valence-electron chi connectivity index (χ2n) is 4.44. The Balaban J connectivity index is 2.18. The van der Waals surface area contributed by atoms with Gasteiger partial charge in [0.25, 0.3) is 5.56 Å². The lowest BCUT2D eigenvalue weighted by atomic mass is 10.1. The Morgan fingerprint density at radius 3 is 3.12 bits per heavy atom. The zero-order valence-electron chi connectivity index (χ0n) is 9.56. The minimum atomic E-state index is -0.147. The summed E-state index contributed by atoms with van der Waals surface area (Å²) in [6.07, 6.45) is 2.60. The molecule has 0 aromatic carbocycles. The highest BCUT2D eigenvalue weighted by molar-refractivity contribution is 5.94. The molecule has 0 spiro atoms. The largest absolute Gasteiger partial charge is 0.475 e. The fraction of sp³-hybridized carbons (Fsp3) is 0.500. The minimum Gasteiger partial charge on any atom is -0.475 e. The fourth-order valence-electron chi connectivity index (χ4n) is 1.82. The Labute approximate surface area is 94.4 Å². The van der Waals surface area contributed by atoms with Crippen molar-refractivity contribution in [3.05, 3.63) is 34.2 Å². The number of nitrogens with zero attached hydrogens (tertiary/aromatic N) is 1. The van der Waals surface area contributed by atoms with E-state index in [1.165, 1.54) is 0 Å². The zero-order chi connectivity index (χ0) is 11.5. The number of aromatic nitrogens is 1. The fourth-order valence-corrected chi connectivity index (χ4v) is 1.82. The van der Waals surface area contributed by atoms with Crippen molar-refractivity contribution >= 4 is 5.90 Å². The van der Waals surface area contributed by atoms with Crippen molar-refractivity contribution in [1.29, 1.82) is 0 Å². The first-order chi connectivity index (χ1) is 7.66. The second kappa shape index (κ2) is 4.51. The number of H-pyrrole nitrogens is 1. The lowest BCUT2D eigenvalue weighted by Crippen LogP contribution is -2.17. The maximum atomic E-state index is 11.5. The molecule has 2 rings (SSSR count). The summed E-state index contributed by atoms with van der Waals surface area (Å²) >= 11 is 0. The number of nitrogens with one attached hydrogen (secondary N) is 1. The smallest absolute Gasteiger partial charge is 0.260 e. The minimum absolute atomic E-state index is 0.147. The number of hydrogen-bond acceptors (Lipinski definition) is 3. The summed E-state index contributed by atoms with van der Waals surface area (Å²) in [6.45, 7) is 4.90. The second-order valence-corrected chi connectivity index (χ2v) is 4.44. The van der Waals surface area contributed by atoms with Crippen LogP contribution in [0.15, 0.2) is 28.1 Å². The molecular weight excluding hydrogens is 204 g/mol. The van der Waals surface area contributed by atoms with E-state index in [0.717, 1.165) is 6.42 Å². The molecule has 0 radical (unpaired) electrons. The Morgan fingerprint density at radius 2 is 2.44 bits per heavy atom. The van der Waals surface area contributed by atoms with Crippen LogP contribution in [0.5, 0.6) is 0 Å². The summed E-state index contributed by atoms with van der Waals surface area (Å²) in [5.74, 6) is 1.07. The van der Waals surface area contributed by atoms with E-state index < -0.39 is 0 Å². The Morgan fingerprint density at radius 1 is 1.62 bits per heavy atom. The van der Waals surface area contributed by atoms with Crippen LogP contribution in [0.4, 0.5) is 0 Å². The molecule has 0 bridgehead atoms. The van der Waals surface area contributed by atoms with Crippen molar-refractivity contribution in [2.45, 2.75) is 26.3 Å². The molecule has 1 aromatic heterocycles. The molecule has 1 atom stereocenters. The average Bonchev–Trinajstić information content (AvgIpc) is 2.66. The highest BCUT2D eigenvalue weighted by Gasteiger charge is 2.22. The molecule has 86 valence electrons. The van der Waals surface area contributed by atoms with Crippen LogP contribution in [0, 0.1) is 5.92 Å². The predicted octanol–water partition coefficient (Wildman–Crippen LogP) is 1.57. The molecule has 16 heavy (non-hydrogen) atoms. The highest BCUT2D eigenvalue weighted by atomic mass is 16.5. The van der Waals surface area contributed by atoms with Gasteiger partial charge < -0.3 is 9.72 Å². The number of ether oxygens (including phenoxy) is 1. The van der Waals surface area contributed by atoms with Crippen LogP contribution in [0.25, 0.3) is 0 Å². The van der Waals surface area contributed by atoms with Gasteiger partial charge in [0, 0.05) is 6.20 Å². The molecule has 0 aliphatic carbocycles. The van der Waals surface area contributed by atoms with Crippen LogP contribution >= 0.6 is 0 Å². The van der Waals surface area contributed by atoms with E-state index >= 15 is 0 Å². The van der Waals surface area contributed by atoms with Gasteiger partial charge in [-0.25, -0.2) is 4.99 Å². The molecule has 0 amide bonds. The van der Waals surface area contributed by atoms with Gasteiger partial charge in [0.05, 0.1) is 6.04 Å². The van der Waals surface area contributed by atoms with Crippen LogP contribution in [-0.4, -0.2) is 23.5 Å². The third-order valence-corrected chi connectivity index (χ3v) is 2.50. The Bertz CT molecular complexity index is 448. The van der Waals surface area contributed by atoms with Gasteiger partial charge in [-0.15, -0.1) is 0 Å². The van der Waals surface area contributed by atoms with Gasteiger partial charge >= 0.3 is 0 Å². The first kappa shape index (κ1) is 10.9. The first-order valence-corrected chi connectivity index (χ1v) is 5.55. The van der Waals surface area contributed by atoms with Crippen molar-refractivity contribution < 1.29 is 4.74 Å². The summed E-state index contributed by atoms with van der Waals surface area (Å²) in [5, 5.41) is 0. The summed E-state index contributed by atoms with van der Waals surface area (Å²) < 4.78 is 5.46. The van der Waals surface area contributed by atoms with E-state index in [1.807, 2.05) is 0 Å². The van der Waals surface area contributed by atoms with Crippen LogP contribution in [0.3, 0.4) is 0 Å². The summed E-state index contributed by atoms with van der Waals surface area (Å²) in [6, 6.07) is 3.70. The van der Waals surface area contributed by atoms with Gasteiger partial charge in [0.2, 0.25) is 5.90 Å². The van der Waals surface area contributed by atoms with Gasteiger partial charge in [-0.05, 0) is 24.5 Å². The molecule has 0 unspecified atom stereocenters. The van der Waals surface area contributed by atoms with Crippen molar-refractivity contribution in [2.75, 3.05) is 6.61 Å². The summed E-state index contributed by atoms with van der Waals surface area (Å²) in [5.41, 5.74) is 0.375. The van der Waals surface area contributed by atoms with Gasteiger partial charge in [0.15, 0.2) is 0 Å². The third-order valence-electron chi connectivity index (χ3n) is 2.50. The third kappa shape index (κ3) is 2.32. The Hall–Kier alpha value is -1.58. The number of hydrogen-bond donors (Lipinski definition) is 1. The monoisotopic (exact) mass is 220 g/mol. The summed E-state index contributed by atoms with van der Waals surface area (Å²) in [4.78, 5) is 18.6. The van der Waals surface area contributed by atoms with Crippen LogP contribution in [0.2, 0.25) is 0 Å². The van der Waals surface area contributed by atoms with Crippen molar-refractivity contribution in [2.24, 2.45) is 10.9 Å².